The van der Waals surface area contributed by atoms with Crippen LogP contribution >= 0.6 is 0 Å². The van der Waals surface area contributed by atoms with Gasteiger partial charge in [-0.15, -0.1) is 0 Å². The molecule has 1 aromatic carbocycles. The summed E-state index contributed by atoms with van der Waals surface area (Å²) in [6.45, 7) is 6.13. The maximum absolute atomic E-state index is 13.1. The highest BCUT2D eigenvalue weighted by molar-refractivity contribution is 5.97. The molecule has 0 bridgehead atoms. The summed E-state index contributed by atoms with van der Waals surface area (Å²) in [5, 5.41) is 0. The lowest BCUT2D eigenvalue weighted by Gasteiger charge is -2.30. The number of rotatable bonds is 8. The Balaban J connectivity index is 2.15. The van der Waals surface area contributed by atoms with Crippen molar-refractivity contribution in [2.45, 2.75) is 45.6 Å². The van der Waals surface area contributed by atoms with Gasteiger partial charge in [-0.05, 0) is 38.3 Å². The Bertz CT molecular complexity index is 626. The van der Waals surface area contributed by atoms with E-state index in [2.05, 4.69) is 0 Å². The number of benzene rings is 1. The van der Waals surface area contributed by atoms with Crippen LogP contribution in [0.3, 0.4) is 0 Å². The first-order valence-corrected chi connectivity index (χ1v) is 9.32. The molecule has 1 atom stereocenters. The smallest absolute Gasteiger partial charge is 0.257 e. The monoisotopic (exact) mass is 362 g/mol. The van der Waals surface area contributed by atoms with Crippen LogP contribution in [-0.4, -0.2) is 61.5 Å². The Morgan fingerprint density at radius 1 is 1.19 bits per heavy atom. The molecule has 1 aromatic rings. The van der Waals surface area contributed by atoms with Crippen LogP contribution in [0.1, 0.15) is 49.9 Å². The summed E-state index contributed by atoms with van der Waals surface area (Å²) in [6.07, 6.45) is 3.32. The molecule has 0 aromatic heterocycles. The van der Waals surface area contributed by atoms with E-state index in [0.29, 0.717) is 30.0 Å². The molecule has 144 valence electrons. The molecule has 6 nitrogen and oxygen atoms in total. The van der Waals surface area contributed by atoms with Crippen molar-refractivity contribution in [3.8, 4) is 11.5 Å². The highest BCUT2D eigenvalue weighted by Gasteiger charge is 2.26. The molecule has 2 amide bonds. The number of hydrogen-bond acceptors (Lipinski definition) is 4. The summed E-state index contributed by atoms with van der Waals surface area (Å²) >= 11 is 0. The van der Waals surface area contributed by atoms with E-state index in [1.165, 1.54) is 7.11 Å². The Morgan fingerprint density at radius 3 is 2.46 bits per heavy atom. The summed E-state index contributed by atoms with van der Waals surface area (Å²) in [4.78, 5) is 29.2. The number of nitrogens with zero attached hydrogens (tertiary/aromatic N) is 2. The third-order valence-corrected chi connectivity index (χ3v) is 5.05. The van der Waals surface area contributed by atoms with Gasteiger partial charge >= 0.3 is 0 Å². The van der Waals surface area contributed by atoms with E-state index in [4.69, 9.17) is 9.47 Å². The maximum atomic E-state index is 13.1. The Kier molecular flexibility index (Phi) is 7.30. The second-order valence-electron chi connectivity index (χ2n) is 6.66. The Labute approximate surface area is 156 Å². The Morgan fingerprint density at radius 2 is 1.88 bits per heavy atom. The van der Waals surface area contributed by atoms with Gasteiger partial charge in [-0.3, -0.25) is 9.59 Å². The van der Waals surface area contributed by atoms with Gasteiger partial charge in [0.15, 0.2) is 0 Å². The van der Waals surface area contributed by atoms with Gasteiger partial charge in [-0.1, -0.05) is 6.92 Å². The predicted octanol–water partition coefficient (Wildman–Crippen LogP) is 2.96. The zero-order valence-corrected chi connectivity index (χ0v) is 16.3. The average Bonchev–Trinajstić information content (AvgIpc) is 3.21. The van der Waals surface area contributed by atoms with E-state index < -0.39 is 0 Å². The van der Waals surface area contributed by atoms with Gasteiger partial charge in [0.25, 0.3) is 5.91 Å². The highest BCUT2D eigenvalue weighted by Crippen LogP contribution is 2.26. The molecular weight excluding hydrogens is 332 g/mol. The number of carbonyl (C=O) groups is 2. The van der Waals surface area contributed by atoms with Crippen LogP contribution in [0.4, 0.5) is 0 Å². The average molecular weight is 362 g/mol. The Hall–Kier alpha value is -2.24. The summed E-state index contributed by atoms with van der Waals surface area (Å²) in [5.41, 5.74) is 0.488. The molecule has 0 radical (unpaired) electrons. The first kappa shape index (κ1) is 20.1. The van der Waals surface area contributed by atoms with Crippen LogP contribution in [0, 0.1) is 0 Å². The molecule has 1 aliphatic rings. The third kappa shape index (κ3) is 4.68. The van der Waals surface area contributed by atoms with Crippen molar-refractivity contribution in [3.05, 3.63) is 23.8 Å². The molecule has 1 aliphatic heterocycles. The SMILES string of the molecule is CCC(C)N(CCC(=O)N1CCCC1)C(=O)c1ccc(OC)cc1OC. The van der Waals surface area contributed by atoms with Crippen molar-refractivity contribution in [2.24, 2.45) is 0 Å². The molecular formula is C20H30N2O4. The van der Waals surface area contributed by atoms with Crippen LogP contribution in [0.15, 0.2) is 18.2 Å². The number of amides is 2. The van der Waals surface area contributed by atoms with Crippen LogP contribution in [0.2, 0.25) is 0 Å². The molecule has 1 heterocycles. The topological polar surface area (TPSA) is 59.1 Å². The fourth-order valence-electron chi connectivity index (χ4n) is 3.21. The van der Waals surface area contributed by atoms with Gasteiger partial charge in [-0.2, -0.15) is 0 Å². The normalized spacial score (nSPS) is 14.8. The lowest BCUT2D eigenvalue weighted by atomic mass is 10.1. The third-order valence-electron chi connectivity index (χ3n) is 5.05. The van der Waals surface area contributed by atoms with Crippen LogP contribution in [0.25, 0.3) is 0 Å². The molecule has 0 spiro atoms. The minimum absolute atomic E-state index is 0.0423. The predicted molar refractivity (Wildman–Crippen MR) is 101 cm³/mol. The second-order valence-corrected chi connectivity index (χ2v) is 6.66. The van der Waals surface area contributed by atoms with E-state index in [-0.39, 0.29) is 17.9 Å². The number of methoxy groups -OCH3 is 2. The van der Waals surface area contributed by atoms with Gasteiger partial charge in [0, 0.05) is 38.2 Å². The van der Waals surface area contributed by atoms with Crippen molar-refractivity contribution in [3.63, 3.8) is 0 Å². The summed E-state index contributed by atoms with van der Waals surface area (Å²) < 4.78 is 10.6. The molecule has 1 fully saturated rings. The van der Waals surface area contributed by atoms with Crippen molar-refractivity contribution < 1.29 is 19.1 Å². The molecule has 26 heavy (non-hydrogen) atoms. The molecule has 1 saturated heterocycles. The van der Waals surface area contributed by atoms with Gasteiger partial charge in [0.05, 0.1) is 19.8 Å². The molecule has 0 saturated carbocycles. The van der Waals surface area contributed by atoms with Gasteiger partial charge in [0.1, 0.15) is 11.5 Å². The maximum Gasteiger partial charge on any atom is 0.257 e. The minimum atomic E-state index is -0.118. The largest absolute Gasteiger partial charge is 0.497 e. The number of likely N-dealkylation sites (tertiary alicyclic amines) is 1. The van der Waals surface area contributed by atoms with E-state index >= 15 is 0 Å². The van der Waals surface area contributed by atoms with Gasteiger partial charge in [0.2, 0.25) is 5.91 Å². The number of carbonyl (C=O) groups excluding carboxylic acids is 2. The quantitative estimate of drug-likeness (QED) is 0.713. The lowest BCUT2D eigenvalue weighted by Crippen LogP contribution is -2.41. The molecule has 0 aliphatic carbocycles. The van der Waals surface area contributed by atoms with Crippen LogP contribution < -0.4 is 9.47 Å². The first-order chi connectivity index (χ1) is 12.5. The molecule has 2 rings (SSSR count). The molecule has 6 heteroatoms. The highest BCUT2D eigenvalue weighted by atomic mass is 16.5. The zero-order chi connectivity index (χ0) is 19.1. The van der Waals surface area contributed by atoms with Crippen molar-refractivity contribution in [1.82, 2.24) is 9.80 Å². The zero-order valence-electron chi connectivity index (χ0n) is 16.3. The molecule has 0 N–H and O–H groups in total. The number of hydrogen-bond donors (Lipinski definition) is 0. The van der Waals surface area contributed by atoms with Crippen molar-refractivity contribution in [2.75, 3.05) is 33.9 Å². The second kappa shape index (κ2) is 9.46. The summed E-state index contributed by atoms with van der Waals surface area (Å²) in [7, 11) is 3.11. The van der Waals surface area contributed by atoms with Crippen molar-refractivity contribution >= 4 is 11.8 Å². The lowest BCUT2D eigenvalue weighted by molar-refractivity contribution is -0.130. The summed E-state index contributed by atoms with van der Waals surface area (Å²) in [6, 6.07) is 5.22. The van der Waals surface area contributed by atoms with Gasteiger partial charge < -0.3 is 19.3 Å². The van der Waals surface area contributed by atoms with E-state index in [9.17, 15) is 9.59 Å². The van der Waals surface area contributed by atoms with E-state index in [0.717, 1.165) is 32.4 Å². The summed E-state index contributed by atoms with van der Waals surface area (Å²) in [5.74, 6) is 1.13. The van der Waals surface area contributed by atoms with Crippen LogP contribution in [-0.2, 0) is 4.79 Å². The number of ether oxygens (including phenoxy) is 2. The van der Waals surface area contributed by atoms with Crippen molar-refractivity contribution in [1.29, 1.82) is 0 Å². The first-order valence-electron chi connectivity index (χ1n) is 9.32. The standard InChI is InChI=1S/C20H30N2O4/c1-5-15(2)22(13-10-19(23)21-11-6-7-12-21)20(24)17-9-8-16(25-3)14-18(17)26-4/h8-9,14-15H,5-7,10-13H2,1-4H3. The van der Waals surface area contributed by atoms with Gasteiger partial charge in [-0.25, -0.2) is 0 Å². The van der Waals surface area contributed by atoms with E-state index in [1.807, 2.05) is 18.7 Å². The fraction of sp³-hybridized carbons (Fsp3) is 0.600. The fourth-order valence-corrected chi connectivity index (χ4v) is 3.21. The molecule has 1 unspecified atom stereocenters. The van der Waals surface area contributed by atoms with Crippen LogP contribution in [0.5, 0.6) is 11.5 Å². The minimum Gasteiger partial charge on any atom is -0.497 e. The van der Waals surface area contributed by atoms with E-state index in [1.54, 1.807) is 30.2 Å².